The van der Waals surface area contributed by atoms with E-state index in [0.717, 1.165) is 24.9 Å². The molecule has 1 atom stereocenters. The van der Waals surface area contributed by atoms with Gasteiger partial charge in [0.2, 0.25) is 0 Å². The number of rotatable bonds is 13. The van der Waals surface area contributed by atoms with Crippen molar-refractivity contribution >= 4 is 28.2 Å². The molecule has 7 N–H and O–H groups in total. The van der Waals surface area contributed by atoms with Crippen molar-refractivity contribution in [2.45, 2.75) is 44.9 Å². The molecule has 230 valence electrons. The molecule has 0 aliphatic rings. The zero-order valence-electron chi connectivity index (χ0n) is 24.2. The lowest BCUT2D eigenvalue weighted by Crippen LogP contribution is -2.23. The number of benzene rings is 2. The molecule has 1 heterocycles. The second-order valence-electron chi connectivity index (χ2n) is 9.16. The van der Waals surface area contributed by atoms with Gasteiger partial charge in [-0.05, 0) is 68.8 Å². The van der Waals surface area contributed by atoms with Crippen molar-refractivity contribution in [2.75, 3.05) is 51.1 Å². The van der Waals surface area contributed by atoms with Crippen LogP contribution in [0.5, 0.6) is 5.75 Å². The Morgan fingerprint density at radius 3 is 2.52 bits per heavy atom. The first-order valence-electron chi connectivity index (χ1n) is 13.7. The summed E-state index contributed by atoms with van der Waals surface area (Å²) in [5.74, 6) is 5.68. The van der Waals surface area contributed by atoms with E-state index in [1.54, 1.807) is 30.3 Å². The Kier molecular flexibility index (Phi) is 14.0. The third-order valence-corrected chi connectivity index (χ3v) is 6.18. The molecule has 1 unspecified atom stereocenters. The predicted molar refractivity (Wildman–Crippen MR) is 161 cm³/mol. The van der Waals surface area contributed by atoms with Gasteiger partial charge in [-0.3, -0.25) is 4.79 Å². The van der Waals surface area contributed by atoms with Crippen LogP contribution >= 0.6 is 0 Å². The van der Waals surface area contributed by atoms with Crippen molar-refractivity contribution in [3.05, 3.63) is 53.7 Å². The average molecular weight is 593 g/mol. The van der Waals surface area contributed by atoms with Crippen molar-refractivity contribution in [1.82, 2.24) is 9.88 Å². The Balaban J connectivity index is 0.00000301. The summed E-state index contributed by atoms with van der Waals surface area (Å²) < 4.78 is 59.9. The van der Waals surface area contributed by atoms with Crippen molar-refractivity contribution < 1.29 is 27.1 Å². The number of alkyl halides is 4. The summed E-state index contributed by atoms with van der Waals surface area (Å²) in [6.45, 7) is 0.548. The summed E-state index contributed by atoms with van der Waals surface area (Å²) in [7, 11) is 2.99. The Hall–Kier alpha value is -3.95. The van der Waals surface area contributed by atoms with E-state index in [-0.39, 0.29) is 36.5 Å². The van der Waals surface area contributed by atoms with Gasteiger partial charge in [-0.2, -0.15) is 13.2 Å². The molecule has 0 aliphatic heterocycles. The Morgan fingerprint density at radius 1 is 1.12 bits per heavy atom. The zero-order chi connectivity index (χ0) is 31.1. The van der Waals surface area contributed by atoms with E-state index < -0.39 is 19.4 Å². The van der Waals surface area contributed by atoms with Crippen LogP contribution in [-0.2, 0) is 6.54 Å². The van der Waals surface area contributed by atoms with Gasteiger partial charge in [-0.1, -0.05) is 25.3 Å². The van der Waals surface area contributed by atoms with E-state index in [4.69, 9.17) is 10.5 Å². The van der Waals surface area contributed by atoms with Crippen LogP contribution in [0.4, 0.5) is 28.9 Å². The molecule has 8 nitrogen and oxygen atoms in total. The van der Waals surface area contributed by atoms with Gasteiger partial charge in [-0.15, -0.1) is 0 Å². The van der Waals surface area contributed by atoms with Crippen LogP contribution in [0, 0.1) is 11.8 Å². The Labute approximate surface area is 244 Å². The number of nitrogens with two attached hydrogens (primary N) is 2. The monoisotopic (exact) mass is 592 g/mol. The number of carbonyl (C=O) groups excluding carboxylic acids is 1. The van der Waals surface area contributed by atoms with E-state index in [2.05, 4.69) is 40.4 Å². The fourth-order valence-corrected chi connectivity index (χ4v) is 4.42. The predicted octanol–water partition coefficient (Wildman–Crippen LogP) is 4.88. The maximum Gasteiger partial charge on any atom is 0.406 e. The number of aromatic nitrogens is 1. The first kappa shape index (κ1) is 34.3. The zero-order valence-corrected chi connectivity index (χ0v) is 24.2. The number of amides is 1. The van der Waals surface area contributed by atoms with Gasteiger partial charge >= 0.3 is 6.18 Å². The molecule has 0 saturated heterocycles. The van der Waals surface area contributed by atoms with E-state index in [1.807, 2.05) is 6.07 Å². The number of carbonyl (C=O) groups is 1. The average Bonchev–Trinajstić information content (AvgIpc) is 3.31. The smallest absolute Gasteiger partial charge is 0.406 e. The van der Waals surface area contributed by atoms with Gasteiger partial charge in [-0.25, -0.2) is 4.39 Å². The molecule has 0 radical (unpaired) electrons. The molecule has 2 aromatic carbocycles. The van der Waals surface area contributed by atoms with Crippen molar-refractivity contribution in [3.63, 3.8) is 0 Å². The van der Waals surface area contributed by atoms with Crippen LogP contribution in [0.3, 0.4) is 0 Å². The normalized spacial score (nSPS) is 11.5. The minimum atomic E-state index is -4.44. The molecular weight excluding hydrogens is 552 g/mol. The van der Waals surface area contributed by atoms with Gasteiger partial charge in [0.25, 0.3) is 5.91 Å². The molecule has 0 bridgehead atoms. The SMILES string of the molecule is CCCC(CCN)Nc1cccc2c1cc(C#CCNc1ccc(C(=O)NC)cc1OCCF)n2CC(F)(F)F.CN. The highest BCUT2D eigenvalue weighted by Gasteiger charge is 2.30. The van der Waals surface area contributed by atoms with E-state index in [0.29, 0.717) is 28.7 Å². The number of fused-ring (bicyclic) bond motifs is 1. The van der Waals surface area contributed by atoms with Gasteiger partial charge in [0.1, 0.15) is 25.6 Å². The molecular formula is C30H40F4N6O2. The summed E-state index contributed by atoms with van der Waals surface area (Å²) in [5, 5.41) is 9.64. The van der Waals surface area contributed by atoms with Crippen molar-refractivity contribution in [2.24, 2.45) is 11.5 Å². The lowest BCUT2D eigenvalue weighted by molar-refractivity contribution is -0.140. The van der Waals surface area contributed by atoms with Gasteiger partial charge in [0.15, 0.2) is 0 Å². The van der Waals surface area contributed by atoms with E-state index >= 15 is 0 Å². The highest BCUT2D eigenvalue weighted by atomic mass is 19.4. The van der Waals surface area contributed by atoms with Crippen LogP contribution in [0.25, 0.3) is 10.9 Å². The van der Waals surface area contributed by atoms with Crippen LogP contribution in [0.15, 0.2) is 42.5 Å². The van der Waals surface area contributed by atoms with Crippen LogP contribution in [0.2, 0.25) is 0 Å². The summed E-state index contributed by atoms with van der Waals surface area (Å²) in [5.41, 5.74) is 12.4. The highest BCUT2D eigenvalue weighted by Crippen LogP contribution is 2.31. The molecule has 0 aliphatic carbocycles. The number of nitrogens with one attached hydrogen (secondary N) is 3. The first-order chi connectivity index (χ1) is 20.2. The summed E-state index contributed by atoms with van der Waals surface area (Å²) in [6, 6.07) is 11.6. The number of hydrogen-bond donors (Lipinski definition) is 5. The van der Waals surface area contributed by atoms with Crippen molar-refractivity contribution in [3.8, 4) is 17.6 Å². The van der Waals surface area contributed by atoms with Crippen LogP contribution < -0.4 is 32.2 Å². The molecule has 42 heavy (non-hydrogen) atoms. The number of ether oxygens (including phenoxy) is 1. The second kappa shape index (κ2) is 17.1. The van der Waals surface area contributed by atoms with Crippen molar-refractivity contribution in [1.29, 1.82) is 0 Å². The molecule has 0 spiro atoms. The molecule has 1 amide bonds. The standard InChI is InChI=1S/C29H35F4N5O2.CH5N/c1-3-6-21(12-14-34)37-24-8-4-9-26-23(24)18-22(38(26)19-29(31,32)33)7-5-15-36-25-11-10-20(28(39)35-2)17-27(25)40-16-13-30;1-2/h4,8-11,17-18,21,36-37H,3,6,12-16,19,34H2,1-2H3,(H,35,39);2H2,1H3. The Bertz CT molecular complexity index is 1340. The maximum atomic E-state index is 13.5. The number of hydrogen-bond acceptors (Lipinski definition) is 6. The molecule has 0 saturated carbocycles. The third-order valence-electron chi connectivity index (χ3n) is 6.18. The minimum absolute atomic E-state index is 0.0685. The van der Waals surface area contributed by atoms with Crippen LogP contribution in [-0.4, -0.2) is 63.2 Å². The maximum absolute atomic E-state index is 13.5. The fraction of sp³-hybridized carbons (Fsp3) is 0.433. The number of nitrogens with zero attached hydrogens (tertiary/aromatic N) is 1. The van der Waals surface area contributed by atoms with E-state index in [9.17, 15) is 22.4 Å². The highest BCUT2D eigenvalue weighted by molar-refractivity contribution is 5.95. The van der Waals surface area contributed by atoms with Crippen LogP contribution in [0.1, 0.15) is 42.2 Å². The lowest BCUT2D eigenvalue weighted by atomic mass is 10.1. The lowest BCUT2D eigenvalue weighted by Gasteiger charge is -2.19. The topological polar surface area (TPSA) is 119 Å². The Morgan fingerprint density at radius 2 is 1.88 bits per heavy atom. The molecule has 0 fully saturated rings. The number of anilines is 2. The second-order valence-corrected chi connectivity index (χ2v) is 9.16. The van der Waals surface area contributed by atoms with Gasteiger partial charge in [0, 0.05) is 29.7 Å². The minimum Gasteiger partial charge on any atom is -0.489 e. The molecule has 1 aromatic heterocycles. The quantitative estimate of drug-likeness (QED) is 0.143. The largest absolute Gasteiger partial charge is 0.489 e. The molecule has 12 heteroatoms. The summed E-state index contributed by atoms with van der Waals surface area (Å²) >= 11 is 0. The van der Waals surface area contributed by atoms with E-state index in [1.165, 1.54) is 24.7 Å². The first-order valence-corrected chi connectivity index (χ1v) is 13.7. The van der Waals surface area contributed by atoms with Gasteiger partial charge in [0.05, 0.1) is 23.4 Å². The fourth-order valence-electron chi connectivity index (χ4n) is 4.42. The summed E-state index contributed by atoms with van der Waals surface area (Å²) in [6.07, 6.45) is -1.87. The molecule has 3 rings (SSSR count). The third kappa shape index (κ3) is 9.85. The number of halogens is 4. The van der Waals surface area contributed by atoms with Gasteiger partial charge < -0.3 is 36.7 Å². The molecule has 3 aromatic rings. The summed E-state index contributed by atoms with van der Waals surface area (Å²) in [4.78, 5) is 11.9.